The second-order valence-corrected chi connectivity index (χ2v) is 4.72. The Bertz CT molecular complexity index is 501. The molecule has 1 aliphatic rings. The highest BCUT2D eigenvalue weighted by Gasteiger charge is 2.31. The SMILES string of the molecule is Cl.O=C(Nc1cc(C(F)(F)F)ccc1F)[C@@H]1CCCNC1. The smallest absolute Gasteiger partial charge is 0.323 e. The van der Waals surface area contributed by atoms with E-state index in [9.17, 15) is 22.4 Å². The third-order valence-corrected chi connectivity index (χ3v) is 3.22. The molecule has 8 heteroatoms. The molecule has 1 heterocycles. The van der Waals surface area contributed by atoms with Crippen LogP contribution in [0.15, 0.2) is 18.2 Å². The van der Waals surface area contributed by atoms with Gasteiger partial charge in [0.25, 0.3) is 0 Å². The quantitative estimate of drug-likeness (QED) is 0.819. The molecule has 1 atom stereocenters. The van der Waals surface area contributed by atoms with Gasteiger partial charge in [0.15, 0.2) is 0 Å². The monoisotopic (exact) mass is 326 g/mol. The van der Waals surface area contributed by atoms with E-state index in [0.717, 1.165) is 13.0 Å². The molecule has 21 heavy (non-hydrogen) atoms. The Morgan fingerprint density at radius 3 is 2.62 bits per heavy atom. The molecule has 0 spiro atoms. The summed E-state index contributed by atoms with van der Waals surface area (Å²) < 4.78 is 51.1. The minimum atomic E-state index is -4.57. The van der Waals surface area contributed by atoms with Crippen molar-refractivity contribution in [1.82, 2.24) is 5.32 Å². The van der Waals surface area contributed by atoms with Gasteiger partial charge in [-0.05, 0) is 37.6 Å². The molecule has 0 saturated carbocycles. The van der Waals surface area contributed by atoms with Gasteiger partial charge in [0.2, 0.25) is 5.91 Å². The van der Waals surface area contributed by atoms with Crippen LogP contribution in [-0.2, 0) is 11.0 Å². The molecule has 0 unspecified atom stereocenters. The Hall–Kier alpha value is -1.34. The highest BCUT2D eigenvalue weighted by molar-refractivity contribution is 5.93. The molecule has 118 valence electrons. The van der Waals surface area contributed by atoms with Crippen LogP contribution in [0.25, 0.3) is 0 Å². The van der Waals surface area contributed by atoms with Gasteiger partial charge in [0.05, 0.1) is 17.2 Å². The van der Waals surface area contributed by atoms with Crippen molar-refractivity contribution >= 4 is 24.0 Å². The fraction of sp³-hybridized carbons (Fsp3) is 0.462. The lowest BCUT2D eigenvalue weighted by atomic mass is 9.98. The highest BCUT2D eigenvalue weighted by atomic mass is 35.5. The summed E-state index contributed by atoms with van der Waals surface area (Å²) in [5, 5.41) is 5.26. The molecular weight excluding hydrogens is 312 g/mol. The minimum absolute atomic E-state index is 0. The Kier molecular flexibility index (Phi) is 5.98. The number of carbonyl (C=O) groups excluding carboxylic acids is 1. The van der Waals surface area contributed by atoms with Gasteiger partial charge in [-0.25, -0.2) is 4.39 Å². The standard InChI is InChI=1S/C13H14F4N2O.ClH/c14-10-4-3-9(13(15,16)17)6-11(10)19-12(20)8-2-1-5-18-7-8;/h3-4,6,8,18H,1-2,5,7H2,(H,19,20);1H/t8-;/m1./s1. The lowest BCUT2D eigenvalue weighted by Crippen LogP contribution is -2.37. The number of hydrogen-bond donors (Lipinski definition) is 2. The number of hydrogen-bond acceptors (Lipinski definition) is 2. The average molecular weight is 327 g/mol. The number of benzene rings is 1. The fourth-order valence-electron chi connectivity index (χ4n) is 2.11. The molecule has 2 rings (SSSR count). The topological polar surface area (TPSA) is 41.1 Å². The van der Waals surface area contributed by atoms with Gasteiger partial charge in [-0.1, -0.05) is 0 Å². The number of piperidine rings is 1. The van der Waals surface area contributed by atoms with E-state index in [1.807, 2.05) is 0 Å². The van der Waals surface area contributed by atoms with Crippen LogP contribution >= 0.6 is 12.4 Å². The van der Waals surface area contributed by atoms with E-state index < -0.39 is 29.2 Å². The number of halogens is 5. The summed E-state index contributed by atoms with van der Waals surface area (Å²) in [6.45, 7) is 1.26. The number of rotatable bonds is 2. The van der Waals surface area contributed by atoms with Crippen molar-refractivity contribution in [2.75, 3.05) is 18.4 Å². The van der Waals surface area contributed by atoms with Crippen LogP contribution in [0.1, 0.15) is 18.4 Å². The third-order valence-electron chi connectivity index (χ3n) is 3.22. The average Bonchev–Trinajstić information content (AvgIpc) is 2.41. The van der Waals surface area contributed by atoms with Gasteiger partial charge < -0.3 is 10.6 Å². The Labute approximate surface area is 125 Å². The molecule has 1 saturated heterocycles. The van der Waals surface area contributed by atoms with Gasteiger partial charge in [-0.15, -0.1) is 12.4 Å². The number of anilines is 1. The van der Waals surface area contributed by atoms with Crippen LogP contribution in [0.2, 0.25) is 0 Å². The molecule has 1 aromatic rings. The maximum absolute atomic E-state index is 13.5. The molecule has 0 aliphatic carbocycles. The van der Waals surface area contributed by atoms with Crippen molar-refractivity contribution in [2.24, 2.45) is 5.92 Å². The fourth-order valence-corrected chi connectivity index (χ4v) is 2.11. The van der Waals surface area contributed by atoms with E-state index in [2.05, 4.69) is 10.6 Å². The first-order valence-corrected chi connectivity index (χ1v) is 6.26. The number of nitrogens with one attached hydrogen (secondary N) is 2. The van der Waals surface area contributed by atoms with Crippen molar-refractivity contribution in [3.05, 3.63) is 29.6 Å². The lowest BCUT2D eigenvalue weighted by molar-refractivity contribution is -0.137. The van der Waals surface area contributed by atoms with Crippen LogP contribution in [0.4, 0.5) is 23.2 Å². The largest absolute Gasteiger partial charge is 0.416 e. The number of carbonyl (C=O) groups is 1. The summed E-state index contributed by atoms with van der Waals surface area (Å²) in [4.78, 5) is 11.9. The third kappa shape index (κ3) is 4.57. The minimum Gasteiger partial charge on any atom is -0.323 e. The molecule has 1 fully saturated rings. The van der Waals surface area contributed by atoms with Crippen LogP contribution in [0.3, 0.4) is 0 Å². The Balaban J connectivity index is 0.00000220. The summed E-state index contributed by atoms with van der Waals surface area (Å²) in [6, 6.07) is 1.97. The second-order valence-electron chi connectivity index (χ2n) is 4.72. The van der Waals surface area contributed by atoms with Gasteiger partial charge >= 0.3 is 6.18 Å². The van der Waals surface area contributed by atoms with Crippen molar-refractivity contribution in [2.45, 2.75) is 19.0 Å². The van der Waals surface area contributed by atoms with Crippen LogP contribution in [-0.4, -0.2) is 19.0 Å². The van der Waals surface area contributed by atoms with E-state index in [-0.39, 0.29) is 18.3 Å². The molecule has 3 nitrogen and oxygen atoms in total. The number of amides is 1. The van der Waals surface area contributed by atoms with Gasteiger partial charge in [0.1, 0.15) is 5.82 Å². The van der Waals surface area contributed by atoms with E-state index in [1.54, 1.807) is 0 Å². The second kappa shape index (κ2) is 7.09. The van der Waals surface area contributed by atoms with E-state index >= 15 is 0 Å². The van der Waals surface area contributed by atoms with Gasteiger partial charge in [-0.3, -0.25) is 4.79 Å². The summed E-state index contributed by atoms with van der Waals surface area (Å²) in [7, 11) is 0. The molecule has 0 bridgehead atoms. The van der Waals surface area contributed by atoms with Gasteiger partial charge in [-0.2, -0.15) is 13.2 Å². The molecule has 2 N–H and O–H groups in total. The first-order valence-electron chi connectivity index (χ1n) is 6.26. The summed E-state index contributed by atoms with van der Waals surface area (Å²) >= 11 is 0. The molecular formula is C13H15ClF4N2O. The van der Waals surface area contributed by atoms with Gasteiger partial charge in [0, 0.05) is 6.54 Å². The molecule has 1 amide bonds. The van der Waals surface area contributed by atoms with Crippen molar-refractivity contribution in [1.29, 1.82) is 0 Å². The van der Waals surface area contributed by atoms with Crippen molar-refractivity contribution < 1.29 is 22.4 Å². The van der Waals surface area contributed by atoms with Crippen LogP contribution in [0, 0.1) is 11.7 Å². The molecule has 1 aromatic carbocycles. The van der Waals surface area contributed by atoms with E-state index in [1.165, 1.54) is 0 Å². The predicted octanol–water partition coefficient (Wildman–Crippen LogP) is 3.20. The predicted molar refractivity (Wildman–Crippen MR) is 72.9 cm³/mol. The lowest BCUT2D eigenvalue weighted by Gasteiger charge is -2.22. The normalized spacial score (nSPS) is 18.8. The van der Waals surface area contributed by atoms with Crippen LogP contribution in [0.5, 0.6) is 0 Å². The first-order chi connectivity index (χ1) is 9.38. The Morgan fingerprint density at radius 1 is 1.33 bits per heavy atom. The van der Waals surface area contributed by atoms with Crippen LogP contribution < -0.4 is 10.6 Å². The summed E-state index contributed by atoms with van der Waals surface area (Å²) in [5.74, 6) is -1.69. The zero-order chi connectivity index (χ0) is 14.8. The molecule has 0 aromatic heterocycles. The maximum atomic E-state index is 13.5. The van der Waals surface area contributed by atoms with E-state index in [0.29, 0.717) is 31.2 Å². The first kappa shape index (κ1) is 17.7. The zero-order valence-corrected chi connectivity index (χ0v) is 11.8. The summed E-state index contributed by atoms with van der Waals surface area (Å²) in [6.07, 6.45) is -3.12. The molecule has 1 aliphatic heterocycles. The highest BCUT2D eigenvalue weighted by Crippen LogP contribution is 2.32. The zero-order valence-electron chi connectivity index (χ0n) is 11.0. The maximum Gasteiger partial charge on any atom is 0.416 e. The molecule has 0 radical (unpaired) electrons. The van der Waals surface area contributed by atoms with E-state index in [4.69, 9.17) is 0 Å². The number of alkyl halides is 3. The van der Waals surface area contributed by atoms with Crippen molar-refractivity contribution in [3.8, 4) is 0 Å². The van der Waals surface area contributed by atoms with Crippen molar-refractivity contribution in [3.63, 3.8) is 0 Å². The Morgan fingerprint density at radius 2 is 2.05 bits per heavy atom. The summed E-state index contributed by atoms with van der Waals surface area (Å²) in [5.41, 5.74) is -1.42.